The van der Waals surface area contributed by atoms with E-state index >= 15 is 0 Å². The summed E-state index contributed by atoms with van der Waals surface area (Å²) < 4.78 is 28.0. The van der Waals surface area contributed by atoms with Crippen LogP contribution in [0.3, 0.4) is 0 Å². The molecule has 21 heavy (non-hydrogen) atoms. The zero-order valence-corrected chi connectivity index (χ0v) is 12.7. The Morgan fingerprint density at radius 1 is 1.29 bits per heavy atom. The second-order valence-electron chi connectivity index (χ2n) is 5.70. The lowest BCUT2D eigenvalue weighted by Gasteiger charge is -2.24. The number of carbonyl (C=O) groups is 1. The monoisotopic (exact) mass is 309 g/mol. The summed E-state index contributed by atoms with van der Waals surface area (Å²) in [4.78, 5) is 11.3. The molecule has 2 aliphatic rings. The van der Waals surface area contributed by atoms with Gasteiger partial charge in [0, 0.05) is 45.1 Å². The van der Waals surface area contributed by atoms with E-state index in [0.29, 0.717) is 26.1 Å². The van der Waals surface area contributed by atoms with Crippen molar-refractivity contribution in [2.45, 2.75) is 19.0 Å². The minimum Gasteiger partial charge on any atom is -0.352 e. The third-order valence-corrected chi connectivity index (χ3v) is 6.04. The van der Waals surface area contributed by atoms with Crippen molar-refractivity contribution in [2.75, 3.05) is 20.1 Å². The molecule has 6 nitrogen and oxygen atoms in total. The molecule has 1 aromatic rings. The molecule has 0 bridgehead atoms. The van der Waals surface area contributed by atoms with Crippen LogP contribution >= 0.6 is 0 Å². The van der Waals surface area contributed by atoms with Gasteiger partial charge in [-0.15, -0.1) is 0 Å². The topological polar surface area (TPSA) is 69.7 Å². The first-order chi connectivity index (χ1) is 9.96. The van der Waals surface area contributed by atoms with E-state index < -0.39 is 10.2 Å². The zero-order valence-electron chi connectivity index (χ0n) is 11.9. The van der Waals surface area contributed by atoms with Crippen molar-refractivity contribution in [1.29, 1.82) is 0 Å². The van der Waals surface area contributed by atoms with Crippen molar-refractivity contribution in [2.24, 2.45) is 5.92 Å². The largest absolute Gasteiger partial charge is 0.352 e. The van der Waals surface area contributed by atoms with Crippen LogP contribution in [0.25, 0.3) is 0 Å². The van der Waals surface area contributed by atoms with E-state index in [4.69, 9.17) is 0 Å². The number of fused-ring (bicyclic) bond motifs is 1. The fourth-order valence-corrected chi connectivity index (χ4v) is 4.45. The summed E-state index contributed by atoms with van der Waals surface area (Å²) in [5, 5.41) is 2.84. The molecule has 3 rings (SSSR count). The smallest absolute Gasteiger partial charge is 0.282 e. The molecule has 1 N–H and O–H groups in total. The molecule has 2 atom stereocenters. The van der Waals surface area contributed by atoms with Gasteiger partial charge >= 0.3 is 0 Å². The molecule has 1 aromatic carbocycles. The second kappa shape index (κ2) is 5.40. The summed E-state index contributed by atoms with van der Waals surface area (Å²) in [6.07, 6.45) is 0.430. The quantitative estimate of drug-likeness (QED) is 0.863. The van der Waals surface area contributed by atoms with Crippen molar-refractivity contribution >= 4 is 16.1 Å². The Labute approximate surface area is 124 Å². The number of hydrogen-bond acceptors (Lipinski definition) is 3. The van der Waals surface area contributed by atoms with Gasteiger partial charge < -0.3 is 5.32 Å². The SMILES string of the molecule is CN(Cc1ccccc1)S(=O)(=O)N1C[C@@H]2CC(=O)N[C@@H]2C1. The Kier molecular flexibility index (Phi) is 3.73. The number of benzene rings is 1. The molecular formula is C14H19N3O3S. The molecule has 2 heterocycles. The van der Waals surface area contributed by atoms with Gasteiger partial charge in [-0.05, 0) is 5.56 Å². The lowest BCUT2D eigenvalue weighted by Crippen LogP contribution is -2.42. The molecule has 0 aromatic heterocycles. The van der Waals surface area contributed by atoms with Crippen LogP contribution in [0.1, 0.15) is 12.0 Å². The molecule has 114 valence electrons. The maximum Gasteiger partial charge on any atom is 0.282 e. The Morgan fingerprint density at radius 2 is 2.00 bits per heavy atom. The van der Waals surface area contributed by atoms with Gasteiger partial charge in [-0.2, -0.15) is 17.0 Å². The van der Waals surface area contributed by atoms with E-state index in [1.54, 1.807) is 7.05 Å². The molecule has 0 aliphatic carbocycles. The van der Waals surface area contributed by atoms with E-state index in [-0.39, 0.29) is 17.9 Å². The maximum atomic E-state index is 12.6. The first kappa shape index (κ1) is 14.5. The Balaban J connectivity index is 1.68. The Hall–Kier alpha value is -1.44. The molecular weight excluding hydrogens is 290 g/mol. The molecule has 0 saturated carbocycles. The fourth-order valence-electron chi connectivity index (χ4n) is 3.01. The number of carbonyl (C=O) groups excluding carboxylic acids is 1. The van der Waals surface area contributed by atoms with Crippen LogP contribution in [-0.2, 0) is 21.5 Å². The van der Waals surface area contributed by atoms with E-state index in [1.807, 2.05) is 30.3 Å². The lowest BCUT2D eigenvalue weighted by atomic mass is 10.1. The number of nitrogens with one attached hydrogen (secondary N) is 1. The first-order valence-electron chi connectivity index (χ1n) is 7.01. The van der Waals surface area contributed by atoms with Gasteiger partial charge in [0.1, 0.15) is 0 Å². The van der Waals surface area contributed by atoms with E-state index in [2.05, 4.69) is 5.32 Å². The third-order valence-electron chi connectivity index (χ3n) is 4.17. The maximum absolute atomic E-state index is 12.6. The van der Waals surface area contributed by atoms with Crippen LogP contribution in [0.4, 0.5) is 0 Å². The molecule has 2 fully saturated rings. The standard InChI is InChI=1S/C14H19N3O3S/c1-16(8-11-5-3-2-4-6-11)21(19,20)17-9-12-7-14(18)15-13(12)10-17/h2-6,12-13H,7-10H2,1H3,(H,15,18)/t12-,13+/m0/s1. The fraction of sp³-hybridized carbons (Fsp3) is 0.500. The van der Waals surface area contributed by atoms with Gasteiger partial charge in [0.05, 0.1) is 0 Å². The lowest BCUT2D eigenvalue weighted by molar-refractivity contribution is -0.119. The number of hydrogen-bond donors (Lipinski definition) is 1. The normalized spacial score (nSPS) is 26.1. The van der Waals surface area contributed by atoms with Gasteiger partial charge in [0.15, 0.2) is 0 Å². The highest BCUT2D eigenvalue weighted by atomic mass is 32.2. The summed E-state index contributed by atoms with van der Waals surface area (Å²) >= 11 is 0. The van der Waals surface area contributed by atoms with Gasteiger partial charge in [-0.3, -0.25) is 4.79 Å². The highest BCUT2D eigenvalue weighted by Crippen LogP contribution is 2.28. The molecule has 0 unspecified atom stereocenters. The van der Waals surface area contributed by atoms with Crippen LogP contribution in [0, 0.1) is 5.92 Å². The number of amides is 1. The van der Waals surface area contributed by atoms with E-state index in [9.17, 15) is 13.2 Å². The molecule has 2 saturated heterocycles. The minimum atomic E-state index is -3.48. The first-order valence-corrected chi connectivity index (χ1v) is 8.41. The summed E-state index contributed by atoms with van der Waals surface area (Å²) in [7, 11) is -1.89. The highest BCUT2D eigenvalue weighted by Gasteiger charge is 2.44. The van der Waals surface area contributed by atoms with E-state index in [0.717, 1.165) is 5.56 Å². The molecule has 1 amide bonds. The molecule has 7 heteroatoms. The predicted octanol–water partition coefficient (Wildman–Crippen LogP) is 0.184. The minimum absolute atomic E-state index is 0.0275. The van der Waals surface area contributed by atoms with Crippen LogP contribution < -0.4 is 5.32 Å². The van der Waals surface area contributed by atoms with Crippen LogP contribution in [-0.4, -0.2) is 49.1 Å². The van der Waals surface area contributed by atoms with Crippen LogP contribution in [0.5, 0.6) is 0 Å². The van der Waals surface area contributed by atoms with Gasteiger partial charge in [0.2, 0.25) is 5.91 Å². The number of nitrogens with zero attached hydrogens (tertiary/aromatic N) is 2. The summed E-state index contributed by atoms with van der Waals surface area (Å²) in [6.45, 7) is 1.14. The number of rotatable bonds is 4. The Morgan fingerprint density at radius 3 is 2.67 bits per heavy atom. The van der Waals surface area contributed by atoms with E-state index in [1.165, 1.54) is 8.61 Å². The average Bonchev–Trinajstić information content (AvgIpc) is 2.97. The summed E-state index contributed by atoms with van der Waals surface area (Å²) in [5.41, 5.74) is 0.955. The van der Waals surface area contributed by atoms with Crippen molar-refractivity contribution < 1.29 is 13.2 Å². The summed E-state index contributed by atoms with van der Waals surface area (Å²) in [5.74, 6) is 0.136. The van der Waals surface area contributed by atoms with Crippen molar-refractivity contribution in [3.8, 4) is 0 Å². The predicted molar refractivity (Wildman–Crippen MR) is 78.4 cm³/mol. The molecule has 0 radical (unpaired) electrons. The zero-order chi connectivity index (χ0) is 15.0. The van der Waals surface area contributed by atoms with Gasteiger partial charge in [-0.1, -0.05) is 30.3 Å². The Bertz CT molecular complexity index is 616. The average molecular weight is 309 g/mol. The van der Waals surface area contributed by atoms with Crippen molar-refractivity contribution in [3.05, 3.63) is 35.9 Å². The van der Waals surface area contributed by atoms with Gasteiger partial charge in [-0.25, -0.2) is 0 Å². The molecule has 2 aliphatic heterocycles. The summed E-state index contributed by atoms with van der Waals surface area (Å²) in [6, 6.07) is 9.48. The van der Waals surface area contributed by atoms with Crippen molar-refractivity contribution in [3.63, 3.8) is 0 Å². The second-order valence-corrected chi connectivity index (χ2v) is 7.74. The molecule has 0 spiro atoms. The van der Waals surface area contributed by atoms with Crippen LogP contribution in [0.2, 0.25) is 0 Å². The van der Waals surface area contributed by atoms with Crippen LogP contribution in [0.15, 0.2) is 30.3 Å². The van der Waals surface area contributed by atoms with Gasteiger partial charge in [0.25, 0.3) is 10.2 Å². The third kappa shape index (κ3) is 2.81. The van der Waals surface area contributed by atoms with Crippen molar-refractivity contribution in [1.82, 2.24) is 13.9 Å². The highest BCUT2D eigenvalue weighted by molar-refractivity contribution is 7.86.